The number of fused-ring (bicyclic) bond motifs is 1. The third kappa shape index (κ3) is 4.23. The number of anilines is 1. The molecule has 0 spiro atoms. The van der Waals surface area contributed by atoms with E-state index in [1.54, 1.807) is 0 Å². The van der Waals surface area contributed by atoms with Crippen LogP contribution in [0.2, 0.25) is 0 Å². The highest BCUT2D eigenvalue weighted by molar-refractivity contribution is 5.93. The van der Waals surface area contributed by atoms with Gasteiger partial charge < -0.3 is 10.2 Å². The quantitative estimate of drug-likeness (QED) is 0.848. The molecule has 0 amide bonds. The number of likely N-dealkylation sites (tertiary alicyclic amines) is 1. The van der Waals surface area contributed by atoms with Gasteiger partial charge in [0.2, 0.25) is 0 Å². The van der Waals surface area contributed by atoms with E-state index in [1.807, 2.05) is 12.4 Å². The molecular weight excluding hydrogens is 282 g/mol. The molecule has 3 nitrogen and oxygen atoms in total. The predicted octanol–water partition coefficient (Wildman–Crippen LogP) is 4.55. The van der Waals surface area contributed by atoms with Crippen LogP contribution in [0.5, 0.6) is 0 Å². The van der Waals surface area contributed by atoms with E-state index in [4.69, 9.17) is 0 Å². The summed E-state index contributed by atoms with van der Waals surface area (Å²) in [6, 6.07) is 9.11. The van der Waals surface area contributed by atoms with Gasteiger partial charge in [0.25, 0.3) is 0 Å². The number of nitrogens with one attached hydrogen (secondary N) is 1. The lowest BCUT2D eigenvalue weighted by Crippen LogP contribution is -2.42. The summed E-state index contributed by atoms with van der Waals surface area (Å²) in [7, 11) is 0. The van der Waals surface area contributed by atoms with Gasteiger partial charge in [0.1, 0.15) is 0 Å². The first-order valence-corrected chi connectivity index (χ1v) is 9.08. The maximum absolute atomic E-state index is 4.23. The first kappa shape index (κ1) is 16.3. The summed E-state index contributed by atoms with van der Waals surface area (Å²) in [5.41, 5.74) is 1.25. The molecule has 0 radical (unpaired) electrons. The van der Waals surface area contributed by atoms with Gasteiger partial charge in [-0.15, -0.1) is 0 Å². The molecule has 1 N–H and O–H groups in total. The van der Waals surface area contributed by atoms with Gasteiger partial charge in [-0.2, -0.15) is 0 Å². The molecule has 2 aromatic rings. The van der Waals surface area contributed by atoms with E-state index < -0.39 is 0 Å². The van der Waals surface area contributed by atoms with E-state index in [1.165, 1.54) is 55.2 Å². The predicted molar refractivity (Wildman–Crippen MR) is 98.9 cm³/mol. The number of benzene rings is 1. The second kappa shape index (κ2) is 7.78. The first-order chi connectivity index (χ1) is 11.3. The topological polar surface area (TPSA) is 28.2 Å². The average Bonchev–Trinajstić information content (AvgIpc) is 2.60. The van der Waals surface area contributed by atoms with E-state index in [2.05, 4.69) is 53.3 Å². The second-order valence-electron chi connectivity index (χ2n) is 6.99. The number of hydrogen-bond acceptors (Lipinski definition) is 3. The molecule has 1 aromatic heterocycles. The minimum Gasteiger partial charge on any atom is -0.381 e. The summed E-state index contributed by atoms with van der Waals surface area (Å²) in [6.07, 6.45) is 9.00. The molecule has 3 heteroatoms. The van der Waals surface area contributed by atoms with E-state index in [0.717, 1.165) is 12.5 Å². The van der Waals surface area contributed by atoms with Gasteiger partial charge >= 0.3 is 0 Å². The van der Waals surface area contributed by atoms with Gasteiger partial charge in [-0.1, -0.05) is 32.4 Å². The van der Waals surface area contributed by atoms with Gasteiger partial charge in [-0.25, -0.2) is 0 Å². The van der Waals surface area contributed by atoms with Crippen molar-refractivity contribution in [2.75, 3.05) is 25.0 Å². The van der Waals surface area contributed by atoms with Gasteiger partial charge in [0.05, 0.1) is 0 Å². The zero-order valence-corrected chi connectivity index (χ0v) is 14.5. The number of pyridine rings is 1. The first-order valence-electron chi connectivity index (χ1n) is 9.08. The van der Waals surface area contributed by atoms with E-state index >= 15 is 0 Å². The Hall–Kier alpha value is -1.61. The zero-order valence-electron chi connectivity index (χ0n) is 14.5. The average molecular weight is 311 g/mol. The fourth-order valence-electron chi connectivity index (χ4n) is 3.45. The Morgan fingerprint density at radius 1 is 1.35 bits per heavy atom. The molecule has 1 aliphatic heterocycles. The van der Waals surface area contributed by atoms with Crippen LogP contribution < -0.4 is 5.32 Å². The largest absolute Gasteiger partial charge is 0.381 e. The lowest BCUT2D eigenvalue weighted by atomic mass is 10.0. The van der Waals surface area contributed by atoms with Gasteiger partial charge in [0, 0.05) is 41.4 Å². The number of hydrogen-bond donors (Lipinski definition) is 1. The van der Waals surface area contributed by atoms with Crippen LogP contribution >= 0.6 is 0 Å². The molecule has 0 saturated carbocycles. The molecule has 3 rings (SSSR count). The fourth-order valence-corrected chi connectivity index (χ4v) is 3.45. The molecule has 1 aromatic carbocycles. The summed E-state index contributed by atoms with van der Waals surface area (Å²) in [5.74, 6) is 0.842. The highest BCUT2D eigenvalue weighted by atomic mass is 15.2. The highest BCUT2D eigenvalue weighted by Crippen LogP contribution is 2.25. The standard InChI is InChI=1S/C20H29N3/c1-3-16(2)10-13-23-12-5-7-18(15-23)22-20-8-4-6-17-14-21-11-9-19(17)20/h4,6,8-9,11,14,16,18,22H,3,5,7,10,12-13,15H2,1-2H3. The van der Waals surface area contributed by atoms with Crippen LogP contribution in [0.3, 0.4) is 0 Å². The van der Waals surface area contributed by atoms with Crippen LogP contribution in [-0.2, 0) is 0 Å². The highest BCUT2D eigenvalue weighted by Gasteiger charge is 2.20. The monoisotopic (exact) mass is 311 g/mol. The molecule has 2 heterocycles. The molecular formula is C20H29N3. The molecule has 1 aliphatic rings. The Morgan fingerprint density at radius 2 is 2.26 bits per heavy atom. The number of aromatic nitrogens is 1. The SMILES string of the molecule is CCC(C)CCN1CCCC(Nc2cccc3cnccc23)C1. The van der Waals surface area contributed by atoms with Crippen molar-refractivity contribution in [2.45, 2.75) is 45.6 Å². The van der Waals surface area contributed by atoms with E-state index in [9.17, 15) is 0 Å². The fraction of sp³-hybridized carbons (Fsp3) is 0.550. The van der Waals surface area contributed by atoms with Crippen molar-refractivity contribution >= 4 is 16.5 Å². The zero-order chi connectivity index (χ0) is 16.1. The summed E-state index contributed by atoms with van der Waals surface area (Å²) < 4.78 is 0. The normalized spacial score (nSPS) is 20.5. The van der Waals surface area contributed by atoms with Crippen molar-refractivity contribution < 1.29 is 0 Å². The van der Waals surface area contributed by atoms with Gasteiger partial charge in [-0.3, -0.25) is 4.98 Å². The molecule has 124 valence electrons. The Balaban J connectivity index is 1.63. The summed E-state index contributed by atoms with van der Waals surface area (Å²) in [4.78, 5) is 6.86. The lowest BCUT2D eigenvalue weighted by molar-refractivity contribution is 0.203. The summed E-state index contributed by atoms with van der Waals surface area (Å²) in [5, 5.41) is 6.27. The van der Waals surface area contributed by atoms with Crippen LogP contribution in [0.15, 0.2) is 36.7 Å². The van der Waals surface area contributed by atoms with Crippen molar-refractivity contribution in [1.82, 2.24) is 9.88 Å². The van der Waals surface area contributed by atoms with Gasteiger partial charge in [0.15, 0.2) is 0 Å². The molecule has 0 aliphatic carbocycles. The third-order valence-electron chi connectivity index (χ3n) is 5.18. The van der Waals surface area contributed by atoms with Crippen molar-refractivity contribution in [2.24, 2.45) is 5.92 Å². The number of rotatable bonds is 6. The molecule has 23 heavy (non-hydrogen) atoms. The Labute approximate surface area is 140 Å². The van der Waals surface area contributed by atoms with Crippen LogP contribution in [0, 0.1) is 5.92 Å². The molecule has 1 fully saturated rings. The summed E-state index contributed by atoms with van der Waals surface area (Å²) in [6.45, 7) is 8.32. The lowest BCUT2D eigenvalue weighted by Gasteiger charge is -2.34. The molecule has 2 atom stereocenters. The second-order valence-corrected chi connectivity index (χ2v) is 6.99. The maximum atomic E-state index is 4.23. The van der Waals surface area contributed by atoms with Crippen LogP contribution in [-0.4, -0.2) is 35.6 Å². The van der Waals surface area contributed by atoms with Crippen molar-refractivity contribution in [3.8, 4) is 0 Å². The van der Waals surface area contributed by atoms with Crippen molar-refractivity contribution in [1.29, 1.82) is 0 Å². The molecule has 1 saturated heterocycles. The van der Waals surface area contributed by atoms with Crippen molar-refractivity contribution in [3.05, 3.63) is 36.7 Å². The minimum atomic E-state index is 0.555. The minimum absolute atomic E-state index is 0.555. The molecule has 0 bridgehead atoms. The van der Waals surface area contributed by atoms with Crippen molar-refractivity contribution in [3.63, 3.8) is 0 Å². The maximum Gasteiger partial charge on any atom is 0.0423 e. The van der Waals surface area contributed by atoms with Crippen LogP contribution in [0.4, 0.5) is 5.69 Å². The van der Waals surface area contributed by atoms with Crippen LogP contribution in [0.25, 0.3) is 10.8 Å². The summed E-state index contributed by atoms with van der Waals surface area (Å²) >= 11 is 0. The van der Waals surface area contributed by atoms with Crippen LogP contribution in [0.1, 0.15) is 39.5 Å². The molecule has 2 unspecified atom stereocenters. The Morgan fingerprint density at radius 3 is 3.13 bits per heavy atom. The smallest absolute Gasteiger partial charge is 0.0423 e. The van der Waals surface area contributed by atoms with E-state index in [-0.39, 0.29) is 0 Å². The Kier molecular flexibility index (Phi) is 5.50. The van der Waals surface area contributed by atoms with E-state index in [0.29, 0.717) is 6.04 Å². The third-order valence-corrected chi connectivity index (χ3v) is 5.18. The Bertz CT molecular complexity index is 620. The number of piperidine rings is 1. The van der Waals surface area contributed by atoms with Gasteiger partial charge in [-0.05, 0) is 50.4 Å². The number of nitrogens with zero attached hydrogens (tertiary/aromatic N) is 2.